The number of alkyl halides is 1. The number of hydrogen-bond donors (Lipinski definition) is 1. The molecule has 0 aliphatic heterocycles. The molecule has 0 radical (unpaired) electrons. The molecule has 1 aliphatic carbocycles. The molecule has 0 spiro atoms. The molecule has 3 nitrogen and oxygen atoms in total. The fourth-order valence-corrected chi connectivity index (χ4v) is 2.68. The van der Waals surface area contributed by atoms with Crippen LogP contribution in [-0.4, -0.2) is 38.9 Å². The SMILES string of the molecule is CCS(=O)(=O)CCCNCC1(CCl)CC1. The second-order valence-electron chi connectivity index (χ2n) is 4.40. The summed E-state index contributed by atoms with van der Waals surface area (Å²) >= 11 is 5.83. The molecule has 0 aromatic carbocycles. The third-order valence-corrected chi connectivity index (χ3v) is 5.35. The van der Waals surface area contributed by atoms with Crippen LogP contribution in [0, 0.1) is 5.41 Å². The van der Waals surface area contributed by atoms with Crippen molar-refractivity contribution in [1.29, 1.82) is 0 Å². The number of rotatable bonds is 8. The smallest absolute Gasteiger partial charge is 0.150 e. The molecule has 1 N–H and O–H groups in total. The highest BCUT2D eigenvalue weighted by Crippen LogP contribution is 2.45. The maximum atomic E-state index is 11.2. The summed E-state index contributed by atoms with van der Waals surface area (Å²) in [5.74, 6) is 1.26. The first-order valence-corrected chi connectivity index (χ1v) is 7.86. The van der Waals surface area contributed by atoms with Gasteiger partial charge in [-0.05, 0) is 31.2 Å². The standard InChI is InChI=1S/C10H20ClNO2S/c1-2-15(13,14)7-3-6-12-9-10(8-11)4-5-10/h12H,2-9H2,1H3. The van der Waals surface area contributed by atoms with Gasteiger partial charge >= 0.3 is 0 Å². The highest BCUT2D eigenvalue weighted by molar-refractivity contribution is 7.91. The van der Waals surface area contributed by atoms with Crippen LogP contribution in [0.3, 0.4) is 0 Å². The van der Waals surface area contributed by atoms with Crippen molar-refractivity contribution in [2.75, 3.05) is 30.5 Å². The topological polar surface area (TPSA) is 46.2 Å². The molecule has 0 atom stereocenters. The van der Waals surface area contributed by atoms with Crippen molar-refractivity contribution in [3.8, 4) is 0 Å². The van der Waals surface area contributed by atoms with Crippen molar-refractivity contribution < 1.29 is 8.42 Å². The van der Waals surface area contributed by atoms with Gasteiger partial charge in [0.25, 0.3) is 0 Å². The molecule has 0 unspecified atom stereocenters. The van der Waals surface area contributed by atoms with Crippen LogP contribution in [0.2, 0.25) is 0 Å². The average molecular weight is 254 g/mol. The van der Waals surface area contributed by atoms with Gasteiger partial charge in [-0.25, -0.2) is 8.42 Å². The fraction of sp³-hybridized carbons (Fsp3) is 1.00. The second-order valence-corrected chi connectivity index (χ2v) is 7.14. The third kappa shape index (κ3) is 4.70. The van der Waals surface area contributed by atoms with E-state index < -0.39 is 9.84 Å². The van der Waals surface area contributed by atoms with Crippen LogP contribution in [0.25, 0.3) is 0 Å². The Morgan fingerprint density at radius 2 is 2.07 bits per heavy atom. The summed E-state index contributed by atoms with van der Waals surface area (Å²) < 4.78 is 22.4. The zero-order valence-electron chi connectivity index (χ0n) is 9.26. The van der Waals surface area contributed by atoms with E-state index in [2.05, 4.69) is 5.32 Å². The lowest BCUT2D eigenvalue weighted by Gasteiger charge is -2.11. The number of nitrogens with one attached hydrogen (secondary N) is 1. The van der Waals surface area contributed by atoms with Crippen molar-refractivity contribution in [3.05, 3.63) is 0 Å². The fourth-order valence-electron chi connectivity index (χ4n) is 1.45. The maximum Gasteiger partial charge on any atom is 0.150 e. The lowest BCUT2D eigenvalue weighted by Crippen LogP contribution is -2.27. The van der Waals surface area contributed by atoms with E-state index >= 15 is 0 Å². The first-order chi connectivity index (χ1) is 7.04. The Hall–Kier alpha value is 0.200. The summed E-state index contributed by atoms with van der Waals surface area (Å²) in [5.41, 5.74) is 0.325. The molecule has 0 saturated heterocycles. The van der Waals surface area contributed by atoms with Gasteiger partial charge in [0.15, 0.2) is 0 Å². The van der Waals surface area contributed by atoms with Crippen LogP contribution in [0.15, 0.2) is 0 Å². The van der Waals surface area contributed by atoms with Crippen LogP contribution in [0.4, 0.5) is 0 Å². The molecule has 90 valence electrons. The van der Waals surface area contributed by atoms with Crippen molar-refractivity contribution in [2.45, 2.75) is 26.2 Å². The maximum absolute atomic E-state index is 11.2. The van der Waals surface area contributed by atoms with E-state index in [9.17, 15) is 8.42 Å². The summed E-state index contributed by atoms with van der Waals surface area (Å²) in [6.45, 7) is 3.40. The Morgan fingerprint density at radius 3 is 2.53 bits per heavy atom. The molecule has 5 heteroatoms. The Morgan fingerprint density at radius 1 is 1.40 bits per heavy atom. The minimum absolute atomic E-state index is 0.249. The Kier molecular flexibility index (Phi) is 4.87. The highest BCUT2D eigenvalue weighted by Gasteiger charge is 2.40. The highest BCUT2D eigenvalue weighted by atomic mass is 35.5. The summed E-state index contributed by atoms with van der Waals surface area (Å²) in [4.78, 5) is 0. The molecule has 0 aromatic rings. The molecule has 0 aromatic heterocycles. The predicted molar refractivity (Wildman–Crippen MR) is 64.2 cm³/mol. The van der Waals surface area contributed by atoms with Crippen molar-refractivity contribution in [2.24, 2.45) is 5.41 Å². The van der Waals surface area contributed by atoms with Crippen molar-refractivity contribution in [3.63, 3.8) is 0 Å². The lowest BCUT2D eigenvalue weighted by atomic mass is 10.1. The Bertz CT molecular complexity index is 286. The van der Waals surface area contributed by atoms with Gasteiger partial charge in [-0.3, -0.25) is 0 Å². The van der Waals surface area contributed by atoms with E-state index in [0.717, 1.165) is 13.1 Å². The van der Waals surface area contributed by atoms with E-state index in [1.807, 2.05) is 0 Å². The molecule has 0 amide bonds. The van der Waals surface area contributed by atoms with Crippen LogP contribution in [0.5, 0.6) is 0 Å². The molecule has 15 heavy (non-hydrogen) atoms. The zero-order chi connectivity index (χ0) is 11.4. The van der Waals surface area contributed by atoms with Crippen molar-refractivity contribution in [1.82, 2.24) is 5.32 Å². The second kappa shape index (κ2) is 5.51. The van der Waals surface area contributed by atoms with E-state index in [0.29, 0.717) is 23.5 Å². The molecule has 1 saturated carbocycles. The normalized spacial score (nSPS) is 19.1. The van der Waals surface area contributed by atoms with Gasteiger partial charge < -0.3 is 5.32 Å². The van der Waals surface area contributed by atoms with Gasteiger partial charge in [-0.2, -0.15) is 0 Å². The summed E-state index contributed by atoms with van der Waals surface area (Å²) in [7, 11) is -2.79. The largest absolute Gasteiger partial charge is 0.316 e. The molecule has 1 aliphatic rings. The quantitative estimate of drug-likeness (QED) is 0.526. The molecule has 0 heterocycles. The molecule has 0 bridgehead atoms. The first kappa shape index (κ1) is 13.3. The zero-order valence-corrected chi connectivity index (χ0v) is 10.8. The number of sulfone groups is 1. The van der Waals surface area contributed by atoms with Crippen LogP contribution in [0.1, 0.15) is 26.2 Å². The van der Waals surface area contributed by atoms with E-state index in [1.54, 1.807) is 6.92 Å². The number of halogens is 1. The van der Waals surface area contributed by atoms with E-state index in [1.165, 1.54) is 12.8 Å². The third-order valence-electron chi connectivity index (χ3n) is 2.99. The molecule has 1 fully saturated rings. The minimum Gasteiger partial charge on any atom is -0.316 e. The van der Waals surface area contributed by atoms with Gasteiger partial charge in [0.1, 0.15) is 9.84 Å². The first-order valence-electron chi connectivity index (χ1n) is 5.51. The van der Waals surface area contributed by atoms with Crippen molar-refractivity contribution >= 4 is 21.4 Å². The average Bonchev–Trinajstić information content (AvgIpc) is 2.98. The molecule has 1 rings (SSSR count). The minimum atomic E-state index is -2.79. The van der Waals surface area contributed by atoms with Crippen LogP contribution < -0.4 is 5.32 Å². The van der Waals surface area contributed by atoms with Crippen LogP contribution in [-0.2, 0) is 9.84 Å². The molecular formula is C10H20ClNO2S. The van der Waals surface area contributed by atoms with E-state index in [-0.39, 0.29) is 5.75 Å². The molecular weight excluding hydrogens is 234 g/mol. The van der Waals surface area contributed by atoms with Gasteiger partial charge in [-0.1, -0.05) is 6.92 Å². The summed E-state index contributed by atoms with van der Waals surface area (Å²) in [6.07, 6.45) is 3.11. The van der Waals surface area contributed by atoms with Gasteiger partial charge in [0, 0.05) is 18.2 Å². The monoisotopic (exact) mass is 253 g/mol. The predicted octanol–water partition coefficient (Wildman–Crippen LogP) is 1.42. The number of hydrogen-bond acceptors (Lipinski definition) is 3. The van der Waals surface area contributed by atoms with Gasteiger partial charge in [0.05, 0.1) is 5.75 Å². The van der Waals surface area contributed by atoms with Gasteiger partial charge in [-0.15, -0.1) is 11.6 Å². The summed E-state index contributed by atoms with van der Waals surface area (Å²) in [5, 5.41) is 3.29. The Labute approximate surface area is 97.5 Å². The van der Waals surface area contributed by atoms with Gasteiger partial charge in [0.2, 0.25) is 0 Å². The summed E-state index contributed by atoms with van der Waals surface area (Å²) in [6, 6.07) is 0. The van der Waals surface area contributed by atoms with Crippen LogP contribution >= 0.6 is 11.6 Å². The van der Waals surface area contributed by atoms with E-state index in [4.69, 9.17) is 11.6 Å². The Balaban J connectivity index is 2.03. The lowest BCUT2D eigenvalue weighted by molar-refractivity contribution is 0.504.